The Morgan fingerprint density at radius 3 is 2.59 bits per heavy atom. The summed E-state index contributed by atoms with van der Waals surface area (Å²) in [5.41, 5.74) is -1.43. The smallest absolute Gasteiger partial charge is 0.350 e. The van der Waals surface area contributed by atoms with E-state index < -0.39 is 33.0 Å². The van der Waals surface area contributed by atoms with Gasteiger partial charge >= 0.3 is 6.18 Å². The number of rotatable bonds is 3. The molecule has 1 aromatic carbocycles. The number of hydrogen-bond acceptors (Lipinski definition) is 3. The average Bonchev–Trinajstić information content (AvgIpc) is 2.62. The molecular weight excluding hydrogens is 319 g/mol. The fraction of sp³-hybridized carbons (Fsp3) is 0.500. The van der Waals surface area contributed by atoms with Crippen LogP contribution in [0.25, 0.3) is 0 Å². The van der Waals surface area contributed by atoms with Crippen LogP contribution in [0.3, 0.4) is 0 Å². The lowest BCUT2D eigenvalue weighted by Gasteiger charge is -2.24. The lowest BCUT2D eigenvalue weighted by Crippen LogP contribution is -2.47. The Kier molecular flexibility index (Phi) is 4.25. The highest BCUT2D eigenvalue weighted by Gasteiger charge is 2.39. The van der Waals surface area contributed by atoms with E-state index in [1.165, 1.54) is 12.1 Å². The van der Waals surface area contributed by atoms with Crippen LogP contribution in [0.4, 0.5) is 13.2 Å². The van der Waals surface area contributed by atoms with E-state index in [0.29, 0.717) is 6.42 Å². The molecule has 1 aliphatic rings. The largest absolute Gasteiger partial charge is 0.416 e. The van der Waals surface area contributed by atoms with Gasteiger partial charge in [0.05, 0.1) is 29.0 Å². The highest BCUT2D eigenvalue weighted by atomic mass is 32.2. The first-order valence-electron chi connectivity index (χ1n) is 6.67. The quantitative estimate of drug-likeness (QED) is 0.918. The maximum absolute atomic E-state index is 12.6. The molecule has 0 saturated carbocycles. The maximum Gasteiger partial charge on any atom is 0.416 e. The van der Waals surface area contributed by atoms with Crippen LogP contribution in [0.5, 0.6) is 0 Å². The van der Waals surface area contributed by atoms with Crippen LogP contribution in [0.2, 0.25) is 0 Å². The zero-order valence-electron chi connectivity index (χ0n) is 11.9. The predicted octanol–water partition coefficient (Wildman–Crippen LogP) is 1.94. The third-order valence-corrected chi connectivity index (χ3v) is 5.47. The van der Waals surface area contributed by atoms with Crippen molar-refractivity contribution >= 4 is 15.7 Å². The summed E-state index contributed by atoms with van der Waals surface area (Å²) in [7, 11) is -3.16. The van der Waals surface area contributed by atoms with Crippen molar-refractivity contribution in [2.45, 2.75) is 31.5 Å². The van der Waals surface area contributed by atoms with Crippen LogP contribution in [-0.2, 0) is 27.2 Å². The lowest BCUT2D eigenvalue weighted by molar-refractivity contribution is -0.137. The molecule has 1 saturated heterocycles. The van der Waals surface area contributed by atoms with Gasteiger partial charge in [-0.2, -0.15) is 13.2 Å². The first kappa shape index (κ1) is 16.8. The van der Waals surface area contributed by atoms with Crippen molar-refractivity contribution in [1.82, 2.24) is 5.32 Å². The molecule has 0 unspecified atom stereocenters. The topological polar surface area (TPSA) is 63.2 Å². The highest BCUT2D eigenvalue weighted by molar-refractivity contribution is 7.91. The van der Waals surface area contributed by atoms with Gasteiger partial charge in [0.2, 0.25) is 5.91 Å². The van der Waals surface area contributed by atoms with Crippen molar-refractivity contribution in [1.29, 1.82) is 0 Å². The fourth-order valence-corrected chi connectivity index (χ4v) is 4.63. The number of carbonyl (C=O) groups is 1. The SMILES string of the molecule is C[C@]1(NC(=O)Cc2cccc(C(F)(F)F)c2)CCS(=O)(=O)C1. The van der Waals surface area contributed by atoms with Gasteiger partial charge in [-0.05, 0) is 25.0 Å². The number of benzene rings is 1. The molecule has 22 heavy (non-hydrogen) atoms. The number of amides is 1. The average molecular weight is 335 g/mol. The summed E-state index contributed by atoms with van der Waals surface area (Å²) in [4.78, 5) is 12.0. The number of carbonyl (C=O) groups excluding carboxylic acids is 1. The number of hydrogen-bond donors (Lipinski definition) is 1. The minimum absolute atomic E-state index is 0.00728. The number of sulfone groups is 1. The molecule has 1 N–H and O–H groups in total. The Bertz CT molecular complexity index is 685. The summed E-state index contributed by atoms with van der Waals surface area (Å²) in [6.45, 7) is 1.63. The molecule has 1 aromatic rings. The molecule has 2 rings (SSSR count). The second kappa shape index (κ2) is 5.57. The lowest BCUT2D eigenvalue weighted by atomic mass is 10.0. The molecule has 0 radical (unpaired) electrons. The van der Waals surface area contributed by atoms with Gasteiger partial charge in [-0.1, -0.05) is 18.2 Å². The van der Waals surface area contributed by atoms with E-state index in [1.54, 1.807) is 6.92 Å². The molecule has 0 aliphatic carbocycles. The van der Waals surface area contributed by atoms with E-state index in [2.05, 4.69) is 5.32 Å². The molecule has 1 heterocycles. The molecule has 4 nitrogen and oxygen atoms in total. The fourth-order valence-electron chi connectivity index (χ4n) is 2.53. The van der Waals surface area contributed by atoms with Crippen LogP contribution in [0.15, 0.2) is 24.3 Å². The van der Waals surface area contributed by atoms with E-state index in [4.69, 9.17) is 0 Å². The summed E-state index contributed by atoms with van der Waals surface area (Å²) >= 11 is 0. The van der Waals surface area contributed by atoms with Crippen molar-refractivity contribution in [2.24, 2.45) is 0 Å². The zero-order valence-corrected chi connectivity index (χ0v) is 12.7. The second-order valence-corrected chi connectivity index (χ2v) is 8.01. The van der Waals surface area contributed by atoms with Crippen LogP contribution < -0.4 is 5.32 Å². The molecule has 0 spiro atoms. The van der Waals surface area contributed by atoms with Gasteiger partial charge in [0.15, 0.2) is 9.84 Å². The third kappa shape index (κ3) is 4.22. The van der Waals surface area contributed by atoms with Gasteiger partial charge in [-0.3, -0.25) is 4.79 Å². The molecule has 0 aromatic heterocycles. The van der Waals surface area contributed by atoms with Gasteiger partial charge in [-0.15, -0.1) is 0 Å². The number of nitrogens with one attached hydrogen (secondary N) is 1. The first-order chi connectivity index (χ1) is 9.99. The molecule has 1 amide bonds. The summed E-state index contributed by atoms with van der Waals surface area (Å²) in [5, 5.41) is 2.62. The van der Waals surface area contributed by atoms with E-state index in [1.807, 2.05) is 0 Å². The Morgan fingerprint density at radius 2 is 2.05 bits per heavy atom. The third-order valence-electron chi connectivity index (χ3n) is 3.56. The van der Waals surface area contributed by atoms with Crippen molar-refractivity contribution in [3.8, 4) is 0 Å². The minimum Gasteiger partial charge on any atom is -0.350 e. The van der Waals surface area contributed by atoms with Crippen molar-refractivity contribution < 1.29 is 26.4 Å². The van der Waals surface area contributed by atoms with Gasteiger partial charge in [0.25, 0.3) is 0 Å². The second-order valence-electron chi connectivity index (χ2n) is 5.83. The molecule has 0 bridgehead atoms. The van der Waals surface area contributed by atoms with Gasteiger partial charge < -0.3 is 5.32 Å². The maximum atomic E-state index is 12.6. The molecule has 1 atom stereocenters. The van der Waals surface area contributed by atoms with Crippen molar-refractivity contribution in [3.05, 3.63) is 35.4 Å². The monoisotopic (exact) mass is 335 g/mol. The Morgan fingerprint density at radius 1 is 1.36 bits per heavy atom. The number of alkyl halides is 3. The molecule has 122 valence electrons. The Balaban J connectivity index is 2.04. The van der Waals surface area contributed by atoms with Crippen LogP contribution in [-0.4, -0.2) is 31.4 Å². The summed E-state index contributed by atoms with van der Waals surface area (Å²) in [6, 6.07) is 4.54. The Labute approximate surface area is 126 Å². The van der Waals surface area contributed by atoms with Gasteiger partial charge in [0, 0.05) is 0 Å². The van der Waals surface area contributed by atoms with E-state index in [0.717, 1.165) is 12.1 Å². The molecule has 8 heteroatoms. The van der Waals surface area contributed by atoms with E-state index in [9.17, 15) is 26.4 Å². The van der Waals surface area contributed by atoms with Crippen LogP contribution >= 0.6 is 0 Å². The standard InChI is InChI=1S/C14H16F3NO3S/c1-13(5-6-22(20,21)9-13)18-12(19)8-10-3-2-4-11(7-10)14(15,16)17/h2-4,7H,5-6,8-9H2,1H3,(H,18,19)/t13-/m0/s1. The van der Waals surface area contributed by atoms with Crippen molar-refractivity contribution in [3.63, 3.8) is 0 Å². The summed E-state index contributed by atoms with van der Waals surface area (Å²) in [6.07, 6.45) is -4.37. The zero-order chi connectivity index (χ0) is 16.6. The summed E-state index contributed by atoms with van der Waals surface area (Å²) < 4.78 is 60.8. The van der Waals surface area contributed by atoms with E-state index >= 15 is 0 Å². The van der Waals surface area contributed by atoms with Crippen LogP contribution in [0, 0.1) is 0 Å². The Hall–Kier alpha value is -1.57. The van der Waals surface area contributed by atoms with Gasteiger partial charge in [0.1, 0.15) is 0 Å². The van der Waals surface area contributed by atoms with Gasteiger partial charge in [-0.25, -0.2) is 8.42 Å². The molecule has 1 fully saturated rings. The normalized spacial score (nSPS) is 24.2. The highest BCUT2D eigenvalue weighted by Crippen LogP contribution is 2.29. The summed E-state index contributed by atoms with van der Waals surface area (Å²) in [5.74, 6) is -0.624. The predicted molar refractivity (Wildman–Crippen MR) is 75.0 cm³/mol. The molecular formula is C14H16F3NO3S. The van der Waals surface area contributed by atoms with Crippen LogP contribution in [0.1, 0.15) is 24.5 Å². The first-order valence-corrected chi connectivity index (χ1v) is 8.49. The molecule has 1 aliphatic heterocycles. The van der Waals surface area contributed by atoms with E-state index in [-0.39, 0.29) is 23.5 Å². The van der Waals surface area contributed by atoms with Crippen molar-refractivity contribution in [2.75, 3.05) is 11.5 Å². The number of halogens is 3. The minimum atomic E-state index is -4.46.